The van der Waals surface area contributed by atoms with Crippen LogP contribution in [0.25, 0.3) is 0 Å². The number of fused-ring (bicyclic) bond motifs is 1. The minimum Gasteiger partial charge on any atom is -0.504 e. The summed E-state index contributed by atoms with van der Waals surface area (Å²) in [5, 5.41) is 23.1. The number of phenols is 1. The zero-order valence-electron chi connectivity index (χ0n) is 14.5. The fourth-order valence-electron chi connectivity index (χ4n) is 3.02. The number of nitrogens with zero attached hydrogens (tertiary/aromatic N) is 2. The van der Waals surface area contributed by atoms with Crippen LogP contribution in [-0.2, 0) is 22.5 Å². The molecule has 9 nitrogen and oxygen atoms in total. The van der Waals surface area contributed by atoms with Gasteiger partial charge in [0.15, 0.2) is 11.5 Å². The number of esters is 1. The maximum Gasteiger partial charge on any atom is 0.328 e. The number of aromatic hydroxyl groups is 1. The van der Waals surface area contributed by atoms with E-state index in [0.29, 0.717) is 0 Å². The number of hydrogen-bond acceptors (Lipinski definition) is 8. The predicted molar refractivity (Wildman–Crippen MR) is 95.0 cm³/mol. The highest BCUT2D eigenvalue weighted by molar-refractivity contribution is 7.10. The van der Waals surface area contributed by atoms with Gasteiger partial charge in [-0.3, -0.25) is 14.9 Å². The zero-order valence-corrected chi connectivity index (χ0v) is 15.3. The Morgan fingerprint density at radius 1 is 1.37 bits per heavy atom. The third-order valence-corrected chi connectivity index (χ3v) is 5.38. The van der Waals surface area contributed by atoms with Gasteiger partial charge < -0.3 is 19.5 Å². The van der Waals surface area contributed by atoms with Crippen LogP contribution in [0.15, 0.2) is 23.6 Å². The van der Waals surface area contributed by atoms with Crippen LogP contribution in [0.1, 0.15) is 20.8 Å². The number of phenolic OH excluding ortho intramolecular Hbond substituents is 1. The first kappa shape index (κ1) is 18.6. The Morgan fingerprint density at radius 3 is 2.74 bits per heavy atom. The first-order valence-corrected chi connectivity index (χ1v) is 8.74. The Balaban J connectivity index is 2.08. The van der Waals surface area contributed by atoms with Crippen LogP contribution in [0.4, 0.5) is 5.69 Å². The maximum atomic E-state index is 13.1. The van der Waals surface area contributed by atoms with E-state index in [1.165, 1.54) is 30.5 Å². The number of amides is 1. The molecule has 3 rings (SSSR count). The van der Waals surface area contributed by atoms with Crippen molar-refractivity contribution >= 4 is 28.9 Å². The van der Waals surface area contributed by atoms with E-state index in [1.54, 1.807) is 0 Å². The van der Waals surface area contributed by atoms with Gasteiger partial charge in [-0.2, -0.15) is 0 Å². The molecule has 2 aromatic rings. The standard InChI is InChI=1S/C17H16N2O7S/c1-25-14-5-10(11(19(23)24)6-13(14)20)16(21)18-8-9-3-4-27-15(9)7-12(18)17(22)26-2/h3-6,12,20H,7-8H2,1-2H3/t12-/m0/s1. The van der Waals surface area contributed by atoms with E-state index < -0.39 is 34.3 Å². The molecule has 1 atom stereocenters. The van der Waals surface area contributed by atoms with E-state index in [2.05, 4.69) is 0 Å². The predicted octanol–water partition coefficient (Wildman–Crippen LogP) is 2.11. The van der Waals surface area contributed by atoms with Gasteiger partial charge in [-0.1, -0.05) is 0 Å². The molecule has 10 heteroatoms. The Bertz CT molecular complexity index is 924. The van der Waals surface area contributed by atoms with E-state index in [1.807, 2.05) is 11.4 Å². The SMILES string of the molecule is COC(=O)[C@@H]1Cc2sccc2CN1C(=O)c1cc(OC)c(O)cc1[N+](=O)[O-]. The smallest absolute Gasteiger partial charge is 0.328 e. The van der Waals surface area contributed by atoms with E-state index >= 15 is 0 Å². The molecular formula is C17H16N2O7S. The first-order valence-electron chi connectivity index (χ1n) is 7.86. The van der Waals surface area contributed by atoms with Gasteiger partial charge in [0.05, 0.1) is 25.2 Å². The van der Waals surface area contributed by atoms with Crippen LogP contribution >= 0.6 is 11.3 Å². The van der Waals surface area contributed by atoms with Crippen molar-refractivity contribution < 1.29 is 29.1 Å². The summed E-state index contributed by atoms with van der Waals surface area (Å²) in [4.78, 5) is 38.2. The second-order valence-electron chi connectivity index (χ2n) is 5.84. The average Bonchev–Trinajstić information content (AvgIpc) is 3.12. The molecule has 142 valence electrons. The molecule has 2 heterocycles. The number of ether oxygens (including phenoxy) is 2. The number of benzene rings is 1. The summed E-state index contributed by atoms with van der Waals surface area (Å²) in [5.74, 6) is -1.85. The molecule has 0 fully saturated rings. The minimum absolute atomic E-state index is 0.0770. The topological polar surface area (TPSA) is 119 Å². The van der Waals surface area contributed by atoms with Gasteiger partial charge in [0, 0.05) is 23.9 Å². The normalized spacial score (nSPS) is 15.8. The molecule has 1 amide bonds. The van der Waals surface area contributed by atoms with E-state index in [0.717, 1.165) is 22.6 Å². The number of nitro benzene ring substituents is 1. The van der Waals surface area contributed by atoms with Crippen LogP contribution in [0, 0.1) is 10.1 Å². The fourth-order valence-corrected chi connectivity index (χ4v) is 3.96. The van der Waals surface area contributed by atoms with Crippen LogP contribution in [0.5, 0.6) is 11.5 Å². The molecule has 1 aliphatic heterocycles. The second-order valence-corrected chi connectivity index (χ2v) is 6.84. The van der Waals surface area contributed by atoms with Gasteiger partial charge in [0.25, 0.3) is 11.6 Å². The van der Waals surface area contributed by atoms with Gasteiger partial charge in [-0.25, -0.2) is 4.79 Å². The van der Waals surface area contributed by atoms with Crippen LogP contribution in [0.2, 0.25) is 0 Å². The van der Waals surface area contributed by atoms with Crippen molar-refractivity contribution in [1.82, 2.24) is 4.90 Å². The summed E-state index contributed by atoms with van der Waals surface area (Å²) in [6.45, 7) is 0.123. The largest absolute Gasteiger partial charge is 0.504 e. The lowest BCUT2D eigenvalue weighted by Crippen LogP contribution is -2.48. The highest BCUT2D eigenvalue weighted by Gasteiger charge is 2.38. The Hall–Kier alpha value is -3.14. The van der Waals surface area contributed by atoms with Gasteiger partial charge in [0.1, 0.15) is 11.6 Å². The lowest BCUT2D eigenvalue weighted by Gasteiger charge is -2.33. The molecule has 1 aromatic carbocycles. The van der Waals surface area contributed by atoms with Crippen molar-refractivity contribution in [2.24, 2.45) is 0 Å². The van der Waals surface area contributed by atoms with Gasteiger partial charge in [0.2, 0.25) is 0 Å². The third kappa shape index (κ3) is 3.31. The monoisotopic (exact) mass is 392 g/mol. The number of carbonyl (C=O) groups is 2. The Morgan fingerprint density at radius 2 is 2.11 bits per heavy atom. The number of rotatable bonds is 4. The second kappa shape index (κ2) is 7.23. The highest BCUT2D eigenvalue weighted by atomic mass is 32.1. The number of hydrogen-bond donors (Lipinski definition) is 1. The molecule has 0 bridgehead atoms. The van der Waals surface area contributed by atoms with E-state index in [9.17, 15) is 24.8 Å². The first-order chi connectivity index (χ1) is 12.9. The van der Waals surface area contributed by atoms with E-state index in [4.69, 9.17) is 9.47 Å². The maximum absolute atomic E-state index is 13.1. The molecule has 0 saturated carbocycles. The van der Waals surface area contributed by atoms with Crippen molar-refractivity contribution in [3.8, 4) is 11.5 Å². The van der Waals surface area contributed by atoms with Crippen LogP contribution in [0.3, 0.4) is 0 Å². The zero-order chi connectivity index (χ0) is 19.7. The summed E-state index contributed by atoms with van der Waals surface area (Å²) in [6, 6.07) is 2.92. The van der Waals surface area contributed by atoms with E-state index in [-0.39, 0.29) is 24.3 Å². The summed E-state index contributed by atoms with van der Waals surface area (Å²) >= 11 is 1.48. The molecule has 0 aliphatic carbocycles. The number of thiophene rings is 1. The molecule has 1 aliphatic rings. The molecular weight excluding hydrogens is 376 g/mol. The van der Waals surface area contributed by atoms with Gasteiger partial charge >= 0.3 is 5.97 Å². The summed E-state index contributed by atoms with van der Waals surface area (Å²) in [7, 11) is 2.49. The Kier molecular flexibility index (Phi) is 5.00. The average molecular weight is 392 g/mol. The quantitative estimate of drug-likeness (QED) is 0.481. The van der Waals surface area contributed by atoms with Crippen molar-refractivity contribution in [3.05, 3.63) is 49.7 Å². The number of nitro groups is 1. The number of methoxy groups -OCH3 is 2. The third-order valence-electron chi connectivity index (χ3n) is 4.39. The van der Waals surface area contributed by atoms with Crippen molar-refractivity contribution in [2.45, 2.75) is 19.0 Å². The summed E-state index contributed by atoms with van der Waals surface area (Å²) in [6.07, 6.45) is 0.272. The van der Waals surface area contributed by atoms with Crippen LogP contribution < -0.4 is 4.74 Å². The molecule has 0 radical (unpaired) electrons. The molecule has 27 heavy (non-hydrogen) atoms. The fraction of sp³-hybridized carbons (Fsp3) is 0.294. The summed E-state index contributed by atoms with van der Waals surface area (Å²) < 4.78 is 9.78. The van der Waals surface area contributed by atoms with Crippen LogP contribution in [-0.4, -0.2) is 47.1 Å². The van der Waals surface area contributed by atoms with Crippen molar-refractivity contribution in [3.63, 3.8) is 0 Å². The van der Waals surface area contributed by atoms with Crippen molar-refractivity contribution in [1.29, 1.82) is 0 Å². The summed E-state index contributed by atoms with van der Waals surface area (Å²) in [5.41, 5.74) is 0.0298. The molecule has 1 aromatic heterocycles. The Labute approximate surface area is 157 Å². The molecule has 0 unspecified atom stereocenters. The molecule has 1 N–H and O–H groups in total. The molecule has 0 spiro atoms. The van der Waals surface area contributed by atoms with Gasteiger partial charge in [-0.15, -0.1) is 11.3 Å². The van der Waals surface area contributed by atoms with Gasteiger partial charge in [-0.05, 0) is 17.0 Å². The lowest BCUT2D eigenvalue weighted by atomic mass is 9.99. The van der Waals surface area contributed by atoms with Crippen molar-refractivity contribution in [2.75, 3.05) is 14.2 Å². The minimum atomic E-state index is -0.895. The molecule has 0 saturated heterocycles. The lowest BCUT2D eigenvalue weighted by molar-refractivity contribution is -0.385. The highest BCUT2D eigenvalue weighted by Crippen LogP contribution is 2.36. The number of carbonyl (C=O) groups excluding carboxylic acids is 2.